The summed E-state index contributed by atoms with van der Waals surface area (Å²) in [4.78, 5) is 34.3. The zero-order chi connectivity index (χ0) is 17.9. The van der Waals surface area contributed by atoms with Gasteiger partial charge in [0.15, 0.2) is 0 Å². The van der Waals surface area contributed by atoms with E-state index in [2.05, 4.69) is 16.0 Å². The lowest BCUT2D eigenvalue weighted by molar-refractivity contribution is -0.121. The van der Waals surface area contributed by atoms with Crippen LogP contribution < -0.4 is 16.0 Å². The van der Waals surface area contributed by atoms with Gasteiger partial charge in [0.1, 0.15) is 0 Å². The molecular formula is C18H27N3O3. The minimum absolute atomic E-state index is 0.0134. The Balaban J connectivity index is 2.84. The fraction of sp³-hybridized carbons (Fsp3) is 0.500. The largest absolute Gasteiger partial charge is 0.352 e. The summed E-state index contributed by atoms with van der Waals surface area (Å²) < 4.78 is 0. The molecule has 0 fully saturated rings. The van der Waals surface area contributed by atoms with Gasteiger partial charge in [-0.25, -0.2) is 0 Å². The second-order valence-electron chi connectivity index (χ2n) is 5.55. The molecule has 0 aliphatic carbocycles. The maximum atomic E-state index is 11.4. The molecule has 0 aliphatic rings. The predicted octanol–water partition coefficient (Wildman–Crippen LogP) is 1.77. The molecule has 132 valence electrons. The van der Waals surface area contributed by atoms with Gasteiger partial charge in [0, 0.05) is 38.9 Å². The minimum atomic E-state index is -0.0134. The van der Waals surface area contributed by atoms with Crippen molar-refractivity contribution in [3.8, 4) is 0 Å². The summed E-state index contributed by atoms with van der Waals surface area (Å²) in [5, 5.41) is 8.52. The lowest BCUT2D eigenvalue weighted by Crippen LogP contribution is -2.24. The third kappa shape index (κ3) is 7.26. The number of nitrogens with one attached hydrogen (secondary N) is 3. The van der Waals surface area contributed by atoms with E-state index in [1.54, 1.807) is 20.8 Å². The number of rotatable bonds is 9. The van der Waals surface area contributed by atoms with E-state index >= 15 is 0 Å². The van der Waals surface area contributed by atoms with Crippen molar-refractivity contribution in [3.63, 3.8) is 0 Å². The molecule has 0 saturated carbocycles. The van der Waals surface area contributed by atoms with Gasteiger partial charge >= 0.3 is 0 Å². The Morgan fingerprint density at radius 3 is 1.08 bits per heavy atom. The van der Waals surface area contributed by atoms with Crippen LogP contribution in [0.2, 0.25) is 0 Å². The van der Waals surface area contributed by atoms with Crippen molar-refractivity contribution in [2.75, 3.05) is 0 Å². The standard InChI is InChI=1S/C18H27N3O3/c1-4-16(22)19-10-13-7-14(11-20-17(23)5-2)9-15(8-13)12-21-18(24)6-3/h7-9H,4-6,10-12H2,1-3H3,(H,19,22)(H,20,23)(H,21,24). The molecule has 6 heteroatoms. The van der Waals surface area contributed by atoms with E-state index < -0.39 is 0 Å². The lowest BCUT2D eigenvalue weighted by atomic mass is 10.0. The second-order valence-corrected chi connectivity index (χ2v) is 5.55. The van der Waals surface area contributed by atoms with Gasteiger partial charge in [0.05, 0.1) is 0 Å². The van der Waals surface area contributed by atoms with Gasteiger partial charge in [-0.15, -0.1) is 0 Å². The molecule has 0 heterocycles. The van der Waals surface area contributed by atoms with Crippen LogP contribution in [-0.2, 0) is 34.0 Å². The molecule has 1 aromatic rings. The highest BCUT2D eigenvalue weighted by molar-refractivity contribution is 5.76. The quantitative estimate of drug-likeness (QED) is 0.643. The van der Waals surface area contributed by atoms with Crippen LogP contribution in [0.15, 0.2) is 18.2 Å². The van der Waals surface area contributed by atoms with Crippen LogP contribution in [0, 0.1) is 0 Å². The van der Waals surface area contributed by atoms with Gasteiger partial charge in [-0.3, -0.25) is 14.4 Å². The first-order valence-electron chi connectivity index (χ1n) is 8.40. The van der Waals surface area contributed by atoms with Crippen LogP contribution in [0.4, 0.5) is 0 Å². The van der Waals surface area contributed by atoms with Crippen LogP contribution in [0.1, 0.15) is 56.7 Å². The van der Waals surface area contributed by atoms with Crippen LogP contribution in [-0.4, -0.2) is 17.7 Å². The van der Waals surface area contributed by atoms with E-state index in [0.29, 0.717) is 38.9 Å². The van der Waals surface area contributed by atoms with Crippen molar-refractivity contribution in [2.24, 2.45) is 0 Å². The second kappa shape index (κ2) is 10.4. The molecule has 1 rings (SSSR count). The summed E-state index contributed by atoms with van der Waals surface area (Å²) in [6.07, 6.45) is 1.31. The molecule has 3 amide bonds. The number of carbonyl (C=O) groups is 3. The molecule has 0 radical (unpaired) electrons. The predicted molar refractivity (Wildman–Crippen MR) is 92.9 cm³/mol. The monoisotopic (exact) mass is 333 g/mol. The smallest absolute Gasteiger partial charge is 0.219 e. The Morgan fingerprint density at radius 1 is 0.625 bits per heavy atom. The van der Waals surface area contributed by atoms with Gasteiger partial charge in [-0.05, 0) is 16.7 Å². The van der Waals surface area contributed by atoms with Crippen molar-refractivity contribution in [1.29, 1.82) is 0 Å². The highest BCUT2D eigenvalue weighted by Gasteiger charge is 2.06. The van der Waals surface area contributed by atoms with Crippen LogP contribution in [0.5, 0.6) is 0 Å². The molecule has 0 aromatic heterocycles. The van der Waals surface area contributed by atoms with Crippen molar-refractivity contribution in [3.05, 3.63) is 34.9 Å². The molecule has 0 atom stereocenters. The first-order valence-corrected chi connectivity index (χ1v) is 8.40. The molecule has 0 aliphatic heterocycles. The molecule has 3 N–H and O–H groups in total. The SMILES string of the molecule is CCC(=O)NCc1cc(CNC(=O)CC)cc(CNC(=O)CC)c1. The van der Waals surface area contributed by atoms with Crippen molar-refractivity contribution < 1.29 is 14.4 Å². The Labute approximate surface area is 143 Å². The van der Waals surface area contributed by atoms with E-state index in [1.165, 1.54) is 0 Å². The van der Waals surface area contributed by atoms with Crippen LogP contribution in [0.3, 0.4) is 0 Å². The van der Waals surface area contributed by atoms with E-state index in [9.17, 15) is 14.4 Å². The summed E-state index contributed by atoms with van der Waals surface area (Å²) >= 11 is 0. The van der Waals surface area contributed by atoms with E-state index in [-0.39, 0.29) is 17.7 Å². The van der Waals surface area contributed by atoms with Gasteiger partial charge in [-0.1, -0.05) is 39.0 Å². The molecule has 0 saturated heterocycles. The Kier molecular flexibility index (Phi) is 8.54. The maximum absolute atomic E-state index is 11.4. The molecule has 6 nitrogen and oxygen atoms in total. The molecule has 24 heavy (non-hydrogen) atoms. The fourth-order valence-electron chi connectivity index (χ4n) is 2.12. The normalized spacial score (nSPS) is 10.1. The Morgan fingerprint density at radius 2 is 0.875 bits per heavy atom. The van der Waals surface area contributed by atoms with Gasteiger partial charge in [-0.2, -0.15) is 0 Å². The summed E-state index contributed by atoms with van der Waals surface area (Å²) in [6, 6.07) is 5.87. The lowest BCUT2D eigenvalue weighted by Gasteiger charge is -2.12. The zero-order valence-corrected chi connectivity index (χ0v) is 14.7. The van der Waals surface area contributed by atoms with Crippen molar-refractivity contribution in [2.45, 2.75) is 59.7 Å². The van der Waals surface area contributed by atoms with Crippen molar-refractivity contribution in [1.82, 2.24) is 16.0 Å². The summed E-state index contributed by atoms with van der Waals surface area (Å²) in [7, 11) is 0. The summed E-state index contributed by atoms with van der Waals surface area (Å²) in [5.74, 6) is -0.0402. The van der Waals surface area contributed by atoms with Gasteiger partial charge < -0.3 is 16.0 Å². The number of hydrogen-bond acceptors (Lipinski definition) is 3. The highest BCUT2D eigenvalue weighted by Crippen LogP contribution is 2.11. The van der Waals surface area contributed by atoms with E-state index in [1.807, 2.05) is 18.2 Å². The molecule has 0 unspecified atom stereocenters. The molecule has 0 bridgehead atoms. The first-order chi connectivity index (χ1) is 11.5. The summed E-state index contributed by atoms with van der Waals surface area (Å²) in [5.41, 5.74) is 2.84. The first kappa shape index (κ1) is 19.7. The van der Waals surface area contributed by atoms with Crippen LogP contribution >= 0.6 is 0 Å². The Bertz CT molecular complexity index is 492. The van der Waals surface area contributed by atoms with Crippen LogP contribution in [0.25, 0.3) is 0 Å². The average Bonchev–Trinajstić information content (AvgIpc) is 2.61. The topological polar surface area (TPSA) is 87.3 Å². The van der Waals surface area contributed by atoms with Crippen molar-refractivity contribution >= 4 is 17.7 Å². The number of hydrogen-bond donors (Lipinski definition) is 3. The fourth-order valence-corrected chi connectivity index (χ4v) is 2.12. The molecule has 1 aromatic carbocycles. The molecular weight excluding hydrogens is 306 g/mol. The average molecular weight is 333 g/mol. The maximum Gasteiger partial charge on any atom is 0.219 e. The van der Waals surface area contributed by atoms with E-state index in [0.717, 1.165) is 16.7 Å². The number of carbonyl (C=O) groups excluding carboxylic acids is 3. The van der Waals surface area contributed by atoms with Gasteiger partial charge in [0.2, 0.25) is 17.7 Å². The Hall–Kier alpha value is -2.37. The molecule has 0 spiro atoms. The number of amides is 3. The van der Waals surface area contributed by atoms with Gasteiger partial charge in [0.25, 0.3) is 0 Å². The summed E-state index contributed by atoms with van der Waals surface area (Å²) in [6.45, 7) is 6.69. The third-order valence-corrected chi connectivity index (χ3v) is 3.54. The third-order valence-electron chi connectivity index (χ3n) is 3.54. The number of benzene rings is 1. The zero-order valence-electron chi connectivity index (χ0n) is 14.7. The van der Waals surface area contributed by atoms with E-state index in [4.69, 9.17) is 0 Å². The highest BCUT2D eigenvalue weighted by atomic mass is 16.2. The minimum Gasteiger partial charge on any atom is -0.352 e.